The number of carbonyl (C=O) groups is 2. The Labute approximate surface area is 106 Å². The predicted molar refractivity (Wildman–Crippen MR) is 63.7 cm³/mol. The molecular formula is C11H19N3O4. The number of nitriles is 1. The van der Waals surface area contributed by atoms with E-state index < -0.39 is 12.1 Å². The number of aliphatic hydroxyl groups is 1. The van der Waals surface area contributed by atoms with Gasteiger partial charge in [0, 0.05) is 25.6 Å². The second kappa shape index (κ2) is 8.31. The Kier molecular flexibility index (Phi) is 7.47. The molecule has 3 N–H and O–H groups in total. The quantitative estimate of drug-likeness (QED) is 0.601. The van der Waals surface area contributed by atoms with Gasteiger partial charge in [0.25, 0.3) is 0 Å². The third-order valence-corrected chi connectivity index (χ3v) is 2.33. The minimum Gasteiger partial charge on any atom is -0.479 e. The molecule has 0 aromatic heterocycles. The van der Waals surface area contributed by atoms with Gasteiger partial charge in [0.1, 0.15) is 0 Å². The molecule has 0 bridgehead atoms. The number of hydrogen-bond donors (Lipinski definition) is 3. The van der Waals surface area contributed by atoms with Crippen LogP contribution < -0.4 is 5.32 Å². The van der Waals surface area contributed by atoms with Gasteiger partial charge in [0.05, 0.1) is 12.5 Å². The molecule has 0 aliphatic rings. The van der Waals surface area contributed by atoms with E-state index >= 15 is 0 Å². The van der Waals surface area contributed by atoms with E-state index in [1.807, 2.05) is 19.9 Å². The Morgan fingerprint density at radius 3 is 2.50 bits per heavy atom. The summed E-state index contributed by atoms with van der Waals surface area (Å²) >= 11 is 0. The fraction of sp³-hybridized carbons (Fsp3) is 0.727. The number of nitrogens with one attached hydrogen (secondary N) is 1. The van der Waals surface area contributed by atoms with Crippen LogP contribution in [0.3, 0.4) is 0 Å². The highest BCUT2D eigenvalue weighted by Crippen LogP contribution is 2.00. The first-order chi connectivity index (χ1) is 8.40. The van der Waals surface area contributed by atoms with Gasteiger partial charge >= 0.3 is 12.0 Å². The average Bonchev–Trinajstić information content (AvgIpc) is 2.28. The van der Waals surface area contributed by atoms with Gasteiger partial charge in [-0.1, -0.05) is 0 Å². The predicted octanol–water partition coefficient (Wildman–Crippen LogP) is 0.156. The Morgan fingerprint density at radius 2 is 2.06 bits per heavy atom. The van der Waals surface area contributed by atoms with Gasteiger partial charge < -0.3 is 20.4 Å². The van der Waals surface area contributed by atoms with Gasteiger partial charge in [-0.15, -0.1) is 0 Å². The summed E-state index contributed by atoms with van der Waals surface area (Å²) in [6, 6.07) is 1.54. The number of aliphatic carboxylic acids is 1. The molecule has 0 aliphatic carbocycles. The van der Waals surface area contributed by atoms with E-state index in [2.05, 4.69) is 5.32 Å². The maximum Gasteiger partial charge on any atom is 0.332 e. The summed E-state index contributed by atoms with van der Waals surface area (Å²) < 4.78 is 0. The maximum absolute atomic E-state index is 11.7. The third-order valence-electron chi connectivity index (χ3n) is 2.33. The molecule has 0 radical (unpaired) electrons. The molecule has 7 nitrogen and oxygen atoms in total. The molecule has 0 heterocycles. The van der Waals surface area contributed by atoms with Crippen molar-refractivity contribution in [3.05, 3.63) is 0 Å². The van der Waals surface area contributed by atoms with E-state index in [-0.39, 0.29) is 31.5 Å². The Bertz CT molecular complexity index is 325. The van der Waals surface area contributed by atoms with E-state index in [4.69, 9.17) is 15.5 Å². The smallest absolute Gasteiger partial charge is 0.332 e. The van der Waals surface area contributed by atoms with Gasteiger partial charge in [-0.05, 0) is 13.8 Å². The highest BCUT2D eigenvalue weighted by molar-refractivity contribution is 5.75. The van der Waals surface area contributed by atoms with Crippen molar-refractivity contribution in [2.75, 3.05) is 13.1 Å². The molecule has 102 valence electrons. The Balaban J connectivity index is 4.11. The number of nitrogens with zero attached hydrogens (tertiary/aromatic N) is 2. The van der Waals surface area contributed by atoms with Gasteiger partial charge in [-0.3, -0.25) is 0 Å². The number of carbonyl (C=O) groups excluding carboxylic acids is 1. The number of aliphatic hydroxyl groups excluding tert-OH is 1. The molecule has 1 atom stereocenters. The van der Waals surface area contributed by atoms with Crippen molar-refractivity contribution in [2.24, 2.45) is 0 Å². The lowest BCUT2D eigenvalue weighted by atomic mass is 10.2. The standard InChI is InChI=1S/C11H19N3O4/c1-8(2)14(7-3-5-12)11(18)13-6-4-9(15)10(16)17/h8-9,15H,3-4,6-7H2,1-2H3,(H,13,18)(H,16,17). The molecule has 2 amide bonds. The first kappa shape index (κ1) is 16.2. The number of carboxylic acid groups (broad SMARTS) is 1. The Hall–Kier alpha value is -1.81. The zero-order chi connectivity index (χ0) is 14.1. The normalized spacial score (nSPS) is 11.7. The number of rotatable bonds is 7. The van der Waals surface area contributed by atoms with Crippen molar-refractivity contribution in [3.63, 3.8) is 0 Å². The molecular weight excluding hydrogens is 238 g/mol. The van der Waals surface area contributed by atoms with Crippen molar-refractivity contribution < 1.29 is 19.8 Å². The highest BCUT2D eigenvalue weighted by Gasteiger charge is 2.17. The molecule has 0 fully saturated rings. The number of amides is 2. The van der Waals surface area contributed by atoms with Crippen LogP contribution in [0.2, 0.25) is 0 Å². The van der Waals surface area contributed by atoms with Crippen LogP contribution in [-0.2, 0) is 4.79 Å². The topological polar surface area (TPSA) is 114 Å². The zero-order valence-electron chi connectivity index (χ0n) is 10.6. The second-order valence-electron chi connectivity index (χ2n) is 4.07. The summed E-state index contributed by atoms with van der Waals surface area (Å²) in [6.45, 7) is 4.04. The van der Waals surface area contributed by atoms with Gasteiger partial charge in [0.15, 0.2) is 6.10 Å². The van der Waals surface area contributed by atoms with E-state index in [0.717, 1.165) is 0 Å². The van der Waals surface area contributed by atoms with Crippen molar-refractivity contribution in [1.29, 1.82) is 5.26 Å². The second-order valence-corrected chi connectivity index (χ2v) is 4.07. The SMILES string of the molecule is CC(C)N(CCC#N)C(=O)NCCC(O)C(=O)O. The van der Waals surface area contributed by atoms with Crippen molar-refractivity contribution in [2.45, 2.75) is 38.8 Å². The largest absolute Gasteiger partial charge is 0.479 e. The first-order valence-electron chi connectivity index (χ1n) is 5.72. The van der Waals surface area contributed by atoms with Crippen LogP contribution in [0, 0.1) is 11.3 Å². The average molecular weight is 257 g/mol. The van der Waals surface area contributed by atoms with Crippen LogP contribution >= 0.6 is 0 Å². The van der Waals surface area contributed by atoms with E-state index in [1.54, 1.807) is 0 Å². The summed E-state index contributed by atoms with van der Waals surface area (Å²) in [6.07, 6.45) is -1.29. The van der Waals surface area contributed by atoms with Gasteiger partial charge in [0.2, 0.25) is 0 Å². The van der Waals surface area contributed by atoms with Crippen molar-refractivity contribution in [1.82, 2.24) is 10.2 Å². The molecule has 0 aromatic carbocycles. The lowest BCUT2D eigenvalue weighted by Crippen LogP contribution is -2.45. The summed E-state index contributed by atoms with van der Waals surface area (Å²) in [5.74, 6) is -1.31. The number of hydrogen-bond acceptors (Lipinski definition) is 4. The monoisotopic (exact) mass is 257 g/mol. The maximum atomic E-state index is 11.7. The molecule has 0 saturated carbocycles. The minimum absolute atomic E-state index is 0.0503. The van der Waals surface area contributed by atoms with Gasteiger partial charge in [-0.25, -0.2) is 9.59 Å². The third kappa shape index (κ3) is 6.06. The molecule has 7 heteroatoms. The number of carboxylic acids is 1. The lowest BCUT2D eigenvalue weighted by molar-refractivity contribution is -0.146. The number of urea groups is 1. The van der Waals surface area contributed by atoms with Crippen LogP contribution in [0.15, 0.2) is 0 Å². The van der Waals surface area contributed by atoms with E-state index in [1.165, 1.54) is 4.90 Å². The van der Waals surface area contributed by atoms with Crippen LogP contribution in [0.1, 0.15) is 26.7 Å². The molecule has 0 rings (SSSR count). The fourth-order valence-corrected chi connectivity index (χ4v) is 1.31. The first-order valence-corrected chi connectivity index (χ1v) is 5.72. The molecule has 0 aromatic rings. The molecule has 1 unspecified atom stereocenters. The zero-order valence-corrected chi connectivity index (χ0v) is 10.6. The van der Waals surface area contributed by atoms with Crippen LogP contribution in [-0.4, -0.2) is 52.3 Å². The van der Waals surface area contributed by atoms with Crippen molar-refractivity contribution in [3.8, 4) is 6.07 Å². The van der Waals surface area contributed by atoms with Crippen LogP contribution in [0.25, 0.3) is 0 Å². The highest BCUT2D eigenvalue weighted by atomic mass is 16.4. The van der Waals surface area contributed by atoms with Crippen LogP contribution in [0.4, 0.5) is 4.79 Å². The summed E-state index contributed by atoms with van der Waals surface area (Å²) in [4.78, 5) is 23.6. The molecule has 18 heavy (non-hydrogen) atoms. The fourth-order valence-electron chi connectivity index (χ4n) is 1.31. The summed E-state index contributed by atoms with van der Waals surface area (Å²) in [7, 11) is 0. The van der Waals surface area contributed by atoms with Gasteiger partial charge in [-0.2, -0.15) is 5.26 Å². The molecule has 0 spiro atoms. The summed E-state index contributed by atoms with van der Waals surface area (Å²) in [5, 5.41) is 28.5. The van der Waals surface area contributed by atoms with E-state index in [9.17, 15) is 9.59 Å². The lowest BCUT2D eigenvalue weighted by Gasteiger charge is -2.26. The summed E-state index contributed by atoms with van der Waals surface area (Å²) in [5.41, 5.74) is 0. The van der Waals surface area contributed by atoms with Crippen LogP contribution in [0.5, 0.6) is 0 Å². The minimum atomic E-state index is -1.48. The Morgan fingerprint density at radius 1 is 1.44 bits per heavy atom. The molecule has 0 aliphatic heterocycles. The van der Waals surface area contributed by atoms with E-state index in [0.29, 0.717) is 6.54 Å². The molecule has 0 saturated heterocycles. The van der Waals surface area contributed by atoms with Crippen molar-refractivity contribution >= 4 is 12.0 Å².